The number of hydrogen-bond donors (Lipinski definition) is 1. The summed E-state index contributed by atoms with van der Waals surface area (Å²) in [7, 11) is 1.58. The van der Waals surface area contributed by atoms with Crippen LogP contribution in [0.2, 0.25) is 0 Å². The Morgan fingerprint density at radius 1 is 1.12 bits per heavy atom. The summed E-state index contributed by atoms with van der Waals surface area (Å²) in [6.07, 6.45) is 5.86. The first-order valence-corrected chi connectivity index (χ1v) is 11.4. The van der Waals surface area contributed by atoms with Crippen LogP contribution in [0.15, 0.2) is 54.9 Å². The number of hydrogen-bond acceptors (Lipinski definition) is 5. The number of aromatic nitrogens is 1. The SMILES string of the molecule is COc1ccc(NC(=O)c2cc(C)c(OCc3cccnc3)c(C)c2)cc1N1CCCCC1=O. The Morgan fingerprint density at radius 2 is 1.91 bits per heavy atom. The Hall–Kier alpha value is -3.87. The molecule has 1 fully saturated rings. The van der Waals surface area contributed by atoms with Crippen molar-refractivity contribution in [2.24, 2.45) is 0 Å². The maximum Gasteiger partial charge on any atom is 0.255 e. The van der Waals surface area contributed by atoms with Gasteiger partial charge in [0.2, 0.25) is 5.91 Å². The van der Waals surface area contributed by atoms with Crippen molar-refractivity contribution >= 4 is 23.2 Å². The molecule has 7 nitrogen and oxygen atoms in total. The van der Waals surface area contributed by atoms with E-state index in [1.54, 1.807) is 42.6 Å². The number of methoxy groups -OCH3 is 1. The van der Waals surface area contributed by atoms with Gasteiger partial charge in [-0.25, -0.2) is 0 Å². The highest BCUT2D eigenvalue weighted by Crippen LogP contribution is 2.34. The molecule has 2 aromatic carbocycles. The van der Waals surface area contributed by atoms with Gasteiger partial charge in [0, 0.05) is 42.2 Å². The smallest absolute Gasteiger partial charge is 0.255 e. The van der Waals surface area contributed by atoms with E-state index >= 15 is 0 Å². The monoisotopic (exact) mass is 459 g/mol. The van der Waals surface area contributed by atoms with E-state index in [9.17, 15) is 9.59 Å². The van der Waals surface area contributed by atoms with Gasteiger partial charge in [-0.15, -0.1) is 0 Å². The number of carbonyl (C=O) groups excluding carboxylic acids is 2. The second-order valence-electron chi connectivity index (χ2n) is 8.43. The van der Waals surface area contributed by atoms with Crippen LogP contribution in [-0.4, -0.2) is 30.5 Å². The van der Waals surface area contributed by atoms with Crippen LogP contribution < -0.4 is 19.7 Å². The molecule has 0 saturated carbocycles. The van der Waals surface area contributed by atoms with E-state index in [1.807, 2.05) is 38.1 Å². The topological polar surface area (TPSA) is 80.8 Å². The zero-order valence-electron chi connectivity index (χ0n) is 19.8. The number of aryl methyl sites for hydroxylation is 2. The number of piperidine rings is 1. The van der Waals surface area contributed by atoms with Gasteiger partial charge in [-0.05, 0) is 74.2 Å². The molecule has 1 aliphatic heterocycles. The highest BCUT2D eigenvalue weighted by Gasteiger charge is 2.23. The van der Waals surface area contributed by atoms with Crippen LogP contribution in [0.25, 0.3) is 0 Å². The van der Waals surface area contributed by atoms with Crippen molar-refractivity contribution in [3.05, 3.63) is 77.1 Å². The first-order valence-electron chi connectivity index (χ1n) is 11.4. The van der Waals surface area contributed by atoms with E-state index in [0.717, 1.165) is 35.3 Å². The fraction of sp³-hybridized carbons (Fsp3) is 0.296. The van der Waals surface area contributed by atoms with Crippen molar-refractivity contribution in [2.45, 2.75) is 39.7 Å². The molecule has 1 aliphatic rings. The molecular formula is C27H29N3O4. The number of pyridine rings is 1. The van der Waals surface area contributed by atoms with Gasteiger partial charge in [0.15, 0.2) is 0 Å². The summed E-state index contributed by atoms with van der Waals surface area (Å²) in [6, 6.07) is 12.8. The summed E-state index contributed by atoms with van der Waals surface area (Å²) in [5, 5.41) is 2.95. The normalized spacial score (nSPS) is 13.5. The molecular weight excluding hydrogens is 430 g/mol. The summed E-state index contributed by atoms with van der Waals surface area (Å²) >= 11 is 0. The molecule has 0 bridgehead atoms. The number of rotatable bonds is 7. The van der Waals surface area contributed by atoms with Crippen molar-refractivity contribution in [2.75, 3.05) is 23.9 Å². The average molecular weight is 460 g/mol. The fourth-order valence-electron chi connectivity index (χ4n) is 4.19. The van der Waals surface area contributed by atoms with Crippen LogP contribution in [0.1, 0.15) is 46.3 Å². The van der Waals surface area contributed by atoms with Crippen molar-refractivity contribution < 1.29 is 19.1 Å². The van der Waals surface area contributed by atoms with Gasteiger partial charge >= 0.3 is 0 Å². The summed E-state index contributed by atoms with van der Waals surface area (Å²) in [4.78, 5) is 31.3. The van der Waals surface area contributed by atoms with E-state index in [0.29, 0.717) is 42.3 Å². The molecule has 0 unspecified atom stereocenters. The molecule has 1 N–H and O–H groups in total. The van der Waals surface area contributed by atoms with Crippen LogP contribution >= 0.6 is 0 Å². The molecule has 0 radical (unpaired) electrons. The maximum atomic E-state index is 13.0. The lowest BCUT2D eigenvalue weighted by Gasteiger charge is -2.28. The molecule has 2 heterocycles. The summed E-state index contributed by atoms with van der Waals surface area (Å²) in [5.41, 5.74) is 4.55. The zero-order chi connectivity index (χ0) is 24.1. The van der Waals surface area contributed by atoms with Crippen molar-refractivity contribution in [1.82, 2.24) is 4.98 Å². The lowest BCUT2D eigenvalue weighted by atomic mass is 10.0. The molecule has 3 aromatic rings. The molecule has 0 spiro atoms. The third kappa shape index (κ3) is 5.20. The van der Waals surface area contributed by atoms with Gasteiger partial charge in [-0.1, -0.05) is 6.07 Å². The molecule has 2 amide bonds. The minimum Gasteiger partial charge on any atom is -0.495 e. The number of ether oxygens (including phenoxy) is 2. The summed E-state index contributed by atoms with van der Waals surface area (Å²) in [6.45, 7) is 4.90. The van der Waals surface area contributed by atoms with Crippen molar-refractivity contribution in [3.63, 3.8) is 0 Å². The highest BCUT2D eigenvalue weighted by molar-refractivity contribution is 6.05. The lowest BCUT2D eigenvalue weighted by Crippen LogP contribution is -2.35. The number of carbonyl (C=O) groups is 2. The molecule has 1 saturated heterocycles. The Morgan fingerprint density at radius 3 is 2.59 bits per heavy atom. The quantitative estimate of drug-likeness (QED) is 0.534. The van der Waals surface area contributed by atoms with E-state index < -0.39 is 0 Å². The third-order valence-electron chi connectivity index (χ3n) is 5.88. The predicted molar refractivity (Wildman–Crippen MR) is 132 cm³/mol. The van der Waals surface area contributed by atoms with Crippen LogP contribution in [-0.2, 0) is 11.4 Å². The molecule has 0 aliphatic carbocycles. The standard InChI is InChI=1S/C27H29N3O4/c1-18-13-21(14-19(2)26(18)34-17-20-7-6-11-28-16-20)27(32)29-22-9-10-24(33-3)23(15-22)30-12-5-4-8-25(30)31/h6-7,9-11,13-16H,4-5,8,12,17H2,1-3H3,(H,29,32). The molecule has 34 heavy (non-hydrogen) atoms. The van der Waals surface area contributed by atoms with Crippen molar-refractivity contribution in [3.8, 4) is 11.5 Å². The first-order chi connectivity index (χ1) is 16.5. The van der Waals surface area contributed by atoms with Gasteiger partial charge in [0.1, 0.15) is 18.1 Å². The molecule has 176 valence electrons. The molecule has 4 rings (SSSR count). The lowest BCUT2D eigenvalue weighted by molar-refractivity contribution is -0.119. The number of benzene rings is 2. The maximum absolute atomic E-state index is 13.0. The Balaban J connectivity index is 1.51. The summed E-state index contributed by atoms with van der Waals surface area (Å²) < 4.78 is 11.5. The Kier molecular flexibility index (Phi) is 7.11. The number of nitrogens with one attached hydrogen (secondary N) is 1. The van der Waals surface area contributed by atoms with Gasteiger partial charge in [0.05, 0.1) is 12.8 Å². The molecule has 7 heteroatoms. The predicted octanol–water partition coefficient (Wildman–Crippen LogP) is 5.06. The highest BCUT2D eigenvalue weighted by atomic mass is 16.5. The van der Waals surface area contributed by atoms with E-state index in [4.69, 9.17) is 9.47 Å². The summed E-state index contributed by atoms with van der Waals surface area (Å²) in [5.74, 6) is 1.21. The first kappa shape index (κ1) is 23.3. The van der Waals surface area contributed by atoms with E-state index in [1.165, 1.54) is 0 Å². The van der Waals surface area contributed by atoms with Crippen molar-refractivity contribution in [1.29, 1.82) is 0 Å². The zero-order valence-corrected chi connectivity index (χ0v) is 19.8. The van der Waals surface area contributed by atoms with Crippen LogP contribution in [0.4, 0.5) is 11.4 Å². The fourth-order valence-corrected chi connectivity index (χ4v) is 4.19. The molecule has 0 atom stereocenters. The minimum absolute atomic E-state index is 0.0705. The molecule has 1 aromatic heterocycles. The van der Waals surface area contributed by atoms with E-state index in [2.05, 4.69) is 10.3 Å². The van der Waals surface area contributed by atoms with E-state index in [-0.39, 0.29) is 11.8 Å². The number of anilines is 2. The van der Waals surface area contributed by atoms with Gasteiger partial charge in [-0.2, -0.15) is 0 Å². The Bertz CT molecular complexity index is 1170. The second kappa shape index (κ2) is 10.4. The minimum atomic E-state index is -0.230. The number of nitrogens with zero attached hydrogens (tertiary/aromatic N) is 2. The van der Waals surface area contributed by atoms with Gasteiger partial charge in [0.25, 0.3) is 5.91 Å². The Labute approximate surface area is 199 Å². The van der Waals surface area contributed by atoms with Gasteiger partial charge in [-0.3, -0.25) is 14.6 Å². The van der Waals surface area contributed by atoms with Crippen LogP contribution in [0, 0.1) is 13.8 Å². The van der Waals surface area contributed by atoms with Crippen LogP contribution in [0.5, 0.6) is 11.5 Å². The number of amides is 2. The van der Waals surface area contributed by atoms with Crippen LogP contribution in [0.3, 0.4) is 0 Å². The van der Waals surface area contributed by atoms with Gasteiger partial charge < -0.3 is 19.7 Å². The third-order valence-corrected chi connectivity index (χ3v) is 5.88. The second-order valence-corrected chi connectivity index (χ2v) is 8.43. The average Bonchev–Trinajstić information content (AvgIpc) is 2.84. The largest absolute Gasteiger partial charge is 0.495 e.